The van der Waals surface area contributed by atoms with Gasteiger partial charge in [0.25, 0.3) is 5.91 Å². The van der Waals surface area contributed by atoms with Crippen molar-refractivity contribution >= 4 is 23.1 Å². The van der Waals surface area contributed by atoms with Crippen LogP contribution in [0.3, 0.4) is 0 Å². The zero-order valence-corrected chi connectivity index (χ0v) is 12.3. The van der Waals surface area contributed by atoms with Crippen molar-refractivity contribution in [2.45, 2.75) is 6.42 Å². The molecule has 0 saturated carbocycles. The van der Waals surface area contributed by atoms with Gasteiger partial charge in [0.05, 0.1) is 4.88 Å². The van der Waals surface area contributed by atoms with Crippen molar-refractivity contribution in [2.24, 2.45) is 10.9 Å². The number of oxime groups is 1. The maximum atomic E-state index is 11.6. The van der Waals surface area contributed by atoms with E-state index in [0.29, 0.717) is 6.54 Å². The Morgan fingerprint density at radius 2 is 2.05 bits per heavy atom. The van der Waals surface area contributed by atoms with Gasteiger partial charge in [-0.05, 0) is 23.4 Å². The molecule has 0 saturated heterocycles. The summed E-state index contributed by atoms with van der Waals surface area (Å²) in [6.45, 7) is 0.428. The fraction of sp³-hybridized carbons (Fsp3) is 0.200. The number of nitrogens with one attached hydrogen (secondary N) is 1. The summed E-state index contributed by atoms with van der Waals surface area (Å²) < 4.78 is 0. The van der Waals surface area contributed by atoms with Crippen molar-refractivity contribution < 1.29 is 9.63 Å². The molecule has 1 aromatic carbocycles. The molecular formula is C15H17N3O2S. The van der Waals surface area contributed by atoms with E-state index in [-0.39, 0.29) is 18.3 Å². The Morgan fingerprint density at radius 1 is 1.24 bits per heavy atom. The van der Waals surface area contributed by atoms with Gasteiger partial charge in [0.2, 0.25) is 0 Å². The Labute approximate surface area is 127 Å². The molecule has 0 aliphatic heterocycles. The standard InChI is InChI=1S/C15H17N3O2S/c16-15(13-7-4-10-21-13)18-20-11-14(19)17-9-8-12-5-2-1-3-6-12/h1-7,10H,8-9,11H2,(H2,16,18)(H,17,19). The molecule has 0 bridgehead atoms. The quantitative estimate of drug-likeness (QED) is 0.465. The van der Waals surface area contributed by atoms with Gasteiger partial charge >= 0.3 is 0 Å². The third kappa shape index (κ3) is 5.27. The molecule has 5 nitrogen and oxygen atoms in total. The predicted molar refractivity (Wildman–Crippen MR) is 84.2 cm³/mol. The van der Waals surface area contributed by atoms with Crippen molar-refractivity contribution in [1.29, 1.82) is 0 Å². The van der Waals surface area contributed by atoms with Crippen LogP contribution in [0, 0.1) is 0 Å². The van der Waals surface area contributed by atoms with Gasteiger partial charge in [0, 0.05) is 6.54 Å². The van der Waals surface area contributed by atoms with E-state index < -0.39 is 0 Å². The molecule has 110 valence electrons. The van der Waals surface area contributed by atoms with E-state index in [0.717, 1.165) is 11.3 Å². The van der Waals surface area contributed by atoms with Crippen LogP contribution in [0.5, 0.6) is 0 Å². The number of rotatable bonds is 7. The van der Waals surface area contributed by atoms with E-state index in [4.69, 9.17) is 10.6 Å². The zero-order chi connectivity index (χ0) is 14.9. The molecule has 0 atom stereocenters. The number of hydrogen-bond donors (Lipinski definition) is 2. The van der Waals surface area contributed by atoms with Crippen LogP contribution in [-0.4, -0.2) is 24.9 Å². The highest BCUT2D eigenvalue weighted by molar-refractivity contribution is 7.12. The molecule has 0 spiro atoms. The Balaban J connectivity index is 1.65. The highest BCUT2D eigenvalue weighted by Gasteiger charge is 2.03. The topological polar surface area (TPSA) is 76.7 Å². The Bertz CT molecular complexity index is 582. The van der Waals surface area contributed by atoms with Crippen LogP contribution in [0.1, 0.15) is 10.4 Å². The number of nitrogens with zero attached hydrogens (tertiary/aromatic N) is 1. The lowest BCUT2D eigenvalue weighted by atomic mass is 10.1. The molecule has 0 fully saturated rings. The summed E-state index contributed by atoms with van der Waals surface area (Å²) >= 11 is 1.47. The smallest absolute Gasteiger partial charge is 0.260 e. The van der Waals surface area contributed by atoms with Gasteiger partial charge in [0.1, 0.15) is 0 Å². The SMILES string of the molecule is N/C(=N\OCC(=O)NCCc1ccccc1)c1cccs1. The molecule has 0 aliphatic rings. The number of amidine groups is 1. The normalized spacial score (nSPS) is 11.1. The van der Waals surface area contributed by atoms with E-state index in [1.807, 2.05) is 47.8 Å². The maximum absolute atomic E-state index is 11.6. The van der Waals surface area contributed by atoms with Gasteiger partial charge in [-0.1, -0.05) is 41.6 Å². The fourth-order valence-electron chi connectivity index (χ4n) is 1.67. The number of amides is 1. The Hall–Kier alpha value is -2.34. The van der Waals surface area contributed by atoms with Crippen molar-refractivity contribution in [3.05, 3.63) is 58.3 Å². The van der Waals surface area contributed by atoms with Crippen molar-refractivity contribution in [3.63, 3.8) is 0 Å². The Kier molecular flexibility index (Phi) is 5.78. The van der Waals surface area contributed by atoms with Crippen LogP contribution >= 0.6 is 11.3 Å². The monoisotopic (exact) mass is 303 g/mol. The fourth-order valence-corrected chi connectivity index (χ4v) is 2.29. The minimum atomic E-state index is -0.214. The summed E-state index contributed by atoms with van der Waals surface area (Å²) in [6.07, 6.45) is 0.785. The lowest BCUT2D eigenvalue weighted by Crippen LogP contribution is -2.29. The first-order valence-corrected chi connectivity index (χ1v) is 7.43. The third-order valence-corrected chi connectivity index (χ3v) is 3.60. The van der Waals surface area contributed by atoms with Gasteiger partial charge in [-0.3, -0.25) is 4.79 Å². The predicted octanol–water partition coefficient (Wildman–Crippen LogP) is 1.74. The van der Waals surface area contributed by atoms with Crippen molar-refractivity contribution in [3.8, 4) is 0 Å². The van der Waals surface area contributed by atoms with E-state index in [9.17, 15) is 4.79 Å². The average molecular weight is 303 g/mol. The molecule has 2 rings (SSSR count). The molecule has 3 N–H and O–H groups in total. The van der Waals surface area contributed by atoms with Gasteiger partial charge in [-0.15, -0.1) is 11.3 Å². The van der Waals surface area contributed by atoms with Crippen LogP contribution in [0.4, 0.5) is 0 Å². The summed E-state index contributed by atoms with van der Waals surface area (Å²) in [7, 11) is 0. The van der Waals surface area contributed by atoms with Crippen LogP contribution in [0.2, 0.25) is 0 Å². The molecule has 1 aromatic heterocycles. The van der Waals surface area contributed by atoms with Crippen molar-refractivity contribution in [1.82, 2.24) is 5.32 Å². The van der Waals surface area contributed by atoms with E-state index >= 15 is 0 Å². The average Bonchev–Trinajstić information content (AvgIpc) is 3.02. The van der Waals surface area contributed by atoms with Crippen LogP contribution < -0.4 is 11.1 Å². The van der Waals surface area contributed by atoms with E-state index in [2.05, 4.69) is 10.5 Å². The Morgan fingerprint density at radius 3 is 2.76 bits per heavy atom. The molecule has 1 heterocycles. The number of benzene rings is 1. The molecule has 0 radical (unpaired) electrons. The first-order chi connectivity index (χ1) is 10.3. The van der Waals surface area contributed by atoms with Gasteiger partial charge in [-0.2, -0.15) is 0 Å². The van der Waals surface area contributed by atoms with Gasteiger partial charge in [-0.25, -0.2) is 0 Å². The zero-order valence-electron chi connectivity index (χ0n) is 11.5. The minimum absolute atomic E-state index is 0.138. The van der Waals surface area contributed by atoms with Gasteiger partial charge in [0.15, 0.2) is 12.4 Å². The number of carbonyl (C=O) groups is 1. The van der Waals surface area contributed by atoms with Crippen LogP contribution in [0.25, 0.3) is 0 Å². The molecular weight excluding hydrogens is 286 g/mol. The van der Waals surface area contributed by atoms with Gasteiger partial charge < -0.3 is 15.9 Å². The lowest BCUT2D eigenvalue weighted by Gasteiger charge is -2.04. The molecule has 0 unspecified atom stereocenters. The lowest BCUT2D eigenvalue weighted by molar-refractivity contribution is -0.125. The first kappa shape index (κ1) is 15.1. The second kappa shape index (κ2) is 8.06. The second-order valence-electron chi connectivity index (χ2n) is 4.31. The molecule has 2 aromatic rings. The first-order valence-electron chi connectivity index (χ1n) is 6.55. The summed E-state index contributed by atoms with van der Waals surface area (Å²) in [4.78, 5) is 17.3. The highest BCUT2D eigenvalue weighted by atomic mass is 32.1. The summed E-state index contributed by atoms with van der Waals surface area (Å²) in [6, 6.07) is 13.7. The minimum Gasteiger partial charge on any atom is -0.384 e. The largest absolute Gasteiger partial charge is 0.384 e. The number of carbonyl (C=O) groups excluding carboxylic acids is 1. The molecule has 21 heavy (non-hydrogen) atoms. The van der Waals surface area contributed by atoms with Crippen LogP contribution in [-0.2, 0) is 16.1 Å². The van der Waals surface area contributed by atoms with E-state index in [1.165, 1.54) is 16.9 Å². The summed E-state index contributed by atoms with van der Waals surface area (Å²) in [5.74, 6) is 0.0655. The number of nitrogens with two attached hydrogens (primary N) is 1. The molecule has 1 amide bonds. The maximum Gasteiger partial charge on any atom is 0.260 e. The summed E-state index contributed by atoms with van der Waals surface area (Å²) in [5.41, 5.74) is 6.88. The van der Waals surface area contributed by atoms with Crippen LogP contribution in [0.15, 0.2) is 53.0 Å². The molecule has 6 heteroatoms. The summed E-state index contributed by atoms with van der Waals surface area (Å²) in [5, 5.41) is 8.38. The highest BCUT2D eigenvalue weighted by Crippen LogP contribution is 2.07. The number of hydrogen-bond acceptors (Lipinski definition) is 4. The third-order valence-electron chi connectivity index (χ3n) is 2.71. The number of thiophene rings is 1. The van der Waals surface area contributed by atoms with E-state index in [1.54, 1.807) is 0 Å². The second-order valence-corrected chi connectivity index (χ2v) is 5.26. The van der Waals surface area contributed by atoms with Crippen molar-refractivity contribution in [2.75, 3.05) is 13.2 Å². The molecule has 0 aliphatic carbocycles.